The highest BCUT2D eigenvalue weighted by molar-refractivity contribution is 5.76. The SMILES string of the molecule is CCC(CNC(=O)CC(C)C1CCNCC1)N1CCc2ccccc2C1. The molecular formula is C22H35N3O. The third kappa shape index (κ3) is 5.08. The summed E-state index contributed by atoms with van der Waals surface area (Å²) in [6.07, 6.45) is 5.28. The van der Waals surface area contributed by atoms with Crippen LogP contribution in [-0.2, 0) is 17.8 Å². The van der Waals surface area contributed by atoms with E-state index in [1.165, 1.54) is 24.0 Å². The number of nitrogens with zero attached hydrogens (tertiary/aromatic N) is 1. The van der Waals surface area contributed by atoms with Crippen LogP contribution in [0.1, 0.15) is 50.7 Å². The van der Waals surface area contributed by atoms with Crippen LogP contribution >= 0.6 is 0 Å². The highest BCUT2D eigenvalue weighted by Gasteiger charge is 2.24. The predicted molar refractivity (Wildman–Crippen MR) is 107 cm³/mol. The smallest absolute Gasteiger partial charge is 0.220 e. The van der Waals surface area contributed by atoms with Crippen molar-refractivity contribution in [1.29, 1.82) is 0 Å². The summed E-state index contributed by atoms with van der Waals surface area (Å²) >= 11 is 0. The minimum atomic E-state index is 0.229. The number of benzene rings is 1. The molecule has 2 heterocycles. The quantitative estimate of drug-likeness (QED) is 0.788. The van der Waals surface area contributed by atoms with Gasteiger partial charge in [-0.1, -0.05) is 38.1 Å². The average molecular weight is 358 g/mol. The van der Waals surface area contributed by atoms with E-state index in [-0.39, 0.29) is 5.91 Å². The number of carbonyl (C=O) groups excluding carboxylic acids is 1. The molecular weight excluding hydrogens is 322 g/mol. The van der Waals surface area contributed by atoms with Gasteiger partial charge in [-0.3, -0.25) is 9.69 Å². The normalized spacial score (nSPS) is 21.0. The fourth-order valence-electron chi connectivity index (χ4n) is 4.54. The van der Waals surface area contributed by atoms with Crippen LogP contribution in [0.3, 0.4) is 0 Å². The number of hydrogen-bond acceptors (Lipinski definition) is 3. The van der Waals surface area contributed by atoms with E-state index in [1.807, 2.05) is 0 Å². The molecule has 0 bridgehead atoms. The molecule has 1 saturated heterocycles. The summed E-state index contributed by atoms with van der Waals surface area (Å²) in [5.74, 6) is 1.41. The standard InChI is InChI=1S/C22H35N3O/c1-3-21(25-13-10-19-6-4-5-7-20(19)16-25)15-24-22(26)14-17(2)18-8-11-23-12-9-18/h4-7,17-18,21,23H,3,8-16H2,1-2H3,(H,24,26). The number of rotatable bonds is 7. The van der Waals surface area contributed by atoms with Crippen LogP contribution in [0, 0.1) is 11.8 Å². The van der Waals surface area contributed by atoms with Gasteiger partial charge in [-0.25, -0.2) is 0 Å². The topological polar surface area (TPSA) is 44.4 Å². The fourth-order valence-corrected chi connectivity index (χ4v) is 4.54. The molecule has 0 spiro atoms. The van der Waals surface area contributed by atoms with Crippen LogP contribution in [0.4, 0.5) is 0 Å². The lowest BCUT2D eigenvalue weighted by Crippen LogP contribution is -2.46. The van der Waals surface area contributed by atoms with Crippen molar-refractivity contribution in [1.82, 2.24) is 15.5 Å². The van der Waals surface area contributed by atoms with E-state index < -0.39 is 0 Å². The fraction of sp³-hybridized carbons (Fsp3) is 0.682. The second kappa shape index (κ2) is 9.52. The van der Waals surface area contributed by atoms with Gasteiger partial charge in [0.05, 0.1) is 0 Å². The third-order valence-corrected chi connectivity index (χ3v) is 6.38. The molecule has 0 aliphatic carbocycles. The van der Waals surface area contributed by atoms with Crippen molar-refractivity contribution in [3.05, 3.63) is 35.4 Å². The maximum atomic E-state index is 12.5. The van der Waals surface area contributed by atoms with Crippen molar-refractivity contribution in [3.8, 4) is 0 Å². The van der Waals surface area contributed by atoms with Crippen molar-refractivity contribution < 1.29 is 4.79 Å². The highest BCUT2D eigenvalue weighted by Crippen LogP contribution is 2.24. The van der Waals surface area contributed by atoms with E-state index in [4.69, 9.17) is 0 Å². The minimum absolute atomic E-state index is 0.229. The average Bonchev–Trinajstić information content (AvgIpc) is 2.69. The minimum Gasteiger partial charge on any atom is -0.355 e. The Bertz CT molecular complexity index is 583. The van der Waals surface area contributed by atoms with E-state index >= 15 is 0 Å². The molecule has 3 rings (SSSR count). The summed E-state index contributed by atoms with van der Waals surface area (Å²) in [5, 5.41) is 6.64. The molecule has 2 N–H and O–H groups in total. The summed E-state index contributed by atoms with van der Waals surface area (Å²) in [6, 6.07) is 9.19. The van der Waals surface area contributed by atoms with Gasteiger partial charge >= 0.3 is 0 Å². The van der Waals surface area contributed by atoms with Gasteiger partial charge in [-0.15, -0.1) is 0 Å². The number of carbonyl (C=O) groups is 1. The Morgan fingerprint density at radius 1 is 1.27 bits per heavy atom. The molecule has 144 valence electrons. The molecule has 26 heavy (non-hydrogen) atoms. The molecule has 1 aromatic carbocycles. The zero-order valence-corrected chi connectivity index (χ0v) is 16.5. The van der Waals surface area contributed by atoms with Crippen LogP contribution in [0.25, 0.3) is 0 Å². The predicted octanol–water partition coefficient (Wildman–Crippen LogP) is 2.97. The Kier molecular flexibility index (Phi) is 7.09. The zero-order chi connectivity index (χ0) is 18.4. The molecule has 1 amide bonds. The van der Waals surface area contributed by atoms with Crippen molar-refractivity contribution >= 4 is 5.91 Å². The Labute approximate surface area is 158 Å². The molecule has 1 fully saturated rings. The van der Waals surface area contributed by atoms with Gasteiger partial charge in [0.2, 0.25) is 5.91 Å². The number of fused-ring (bicyclic) bond motifs is 1. The maximum absolute atomic E-state index is 12.5. The van der Waals surface area contributed by atoms with Crippen LogP contribution in [0.2, 0.25) is 0 Å². The van der Waals surface area contributed by atoms with Gasteiger partial charge in [-0.05, 0) is 61.7 Å². The summed E-state index contributed by atoms with van der Waals surface area (Å²) in [7, 11) is 0. The van der Waals surface area contributed by atoms with E-state index in [2.05, 4.69) is 53.6 Å². The first kappa shape index (κ1) is 19.4. The first-order valence-electron chi connectivity index (χ1n) is 10.5. The van der Waals surface area contributed by atoms with Crippen molar-refractivity contribution in [2.24, 2.45) is 11.8 Å². The largest absolute Gasteiger partial charge is 0.355 e. The molecule has 0 radical (unpaired) electrons. The zero-order valence-electron chi connectivity index (χ0n) is 16.5. The second-order valence-electron chi connectivity index (χ2n) is 8.12. The Morgan fingerprint density at radius 2 is 2.00 bits per heavy atom. The second-order valence-corrected chi connectivity index (χ2v) is 8.12. The van der Waals surface area contributed by atoms with Crippen LogP contribution in [-0.4, -0.2) is 43.0 Å². The summed E-state index contributed by atoms with van der Waals surface area (Å²) in [4.78, 5) is 15.0. The Balaban J connectivity index is 1.45. The lowest BCUT2D eigenvalue weighted by molar-refractivity contribution is -0.122. The first-order valence-corrected chi connectivity index (χ1v) is 10.5. The van der Waals surface area contributed by atoms with E-state index in [0.717, 1.165) is 45.6 Å². The van der Waals surface area contributed by atoms with Crippen molar-refractivity contribution in [2.75, 3.05) is 26.2 Å². The molecule has 2 aliphatic heterocycles. The number of nitrogens with one attached hydrogen (secondary N) is 2. The van der Waals surface area contributed by atoms with E-state index in [0.29, 0.717) is 24.3 Å². The van der Waals surface area contributed by atoms with Gasteiger partial charge in [0.15, 0.2) is 0 Å². The molecule has 1 aromatic rings. The lowest BCUT2D eigenvalue weighted by atomic mass is 9.84. The van der Waals surface area contributed by atoms with Gasteiger partial charge in [0.1, 0.15) is 0 Å². The van der Waals surface area contributed by atoms with Crippen LogP contribution in [0.15, 0.2) is 24.3 Å². The van der Waals surface area contributed by atoms with Crippen molar-refractivity contribution in [2.45, 2.75) is 58.5 Å². The third-order valence-electron chi connectivity index (χ3n) is 6.38. The Hall–Kier alpha value is -1.39. The molecule has 0 aromatic heterocycles. The molecule has 2 atom stereocenters. The highest BCUT2D eigenvalue weighted by atomic mass is 16.1. The molecule has 0 saturated carbocycles. The molecule has 4 nitrogen and oxygen atoms in total. The first-order chi connectivity index (χ1) is 12.7. The van der Waals surface area contributed by atoms with Crippen LogP contribution in [0.5, 0.6) is 0 Å². The summed E-state index contributed by atoms with van der Waals surface area (Å²) in [5.41, 5.74) is 2.93. The van der Waals surface area contributed by atoms with Gasteiger partial charge < -0.3 is 10.6 Å². The van der Waals surface area contributed by atoms with Gasteiger partial charge in [-0.2, -0.15) is 0 Å². The van der Waals surface area contributed by atoms with E-state index in [9.17, 15) is 4.79 Å². The molecule has 2 aliphatic rings. The molecule has 4 heteroatoms. The van der Waals surface area contributed by atoms with Gasteiger partial charge in [0, 0.05) is 32.1 Å². The maximum Gasteiger partial charge on any atom is 0.220 e. The number of amides is 1. The summed E-state index contributed by atoms with van der Waals surface area (Å²) in [6.45, 7) is 9.56. The lowest BCUT2D eigenvalue weighted by Gasteiger charge is -2.35. The summed E-state index contributed by atoms with van der Waals surface area (Å²) < 4.78 is 0. The molecule has 2 unspecified atom stereocenters. The van der Waals surface area contributed by atoms with Gasteiger partial charge in [0.25, 0.3) is 0 Å². The monoisotopic (exact) mass is 357 g/mol. The Morgan fingerprint density at radius 3 is 2.73 bits per heavy atom. The van der Waals surface area contributed by atoms with E-state index in [1.54, 1.807) is 0 Å². The van der Waals surface area contributed by atoms with Crippen molar-refractivity contribution in [3.63, 3.8) is 0 Å². The van der Waals surface area contributed by atoms with Crippen LogP contribution < -0.4 is 10.6 Å². The number of hydrogen-bond donors (Lipinski definition) is 2. The number of piperidine rings is 1.